The molecule has 0 aliphatic heterocycles. The topological polar surface area (TPSA) is 18.1 Å². The first-order valence-electron chi connectivity index (χ1n) is 15.7. The lowest BCUT2D eigenvalue weighted by Crippen LogP contribution is -1.96. The summed E-state index contributed by atoms with van der Waals surface area (Å²) in [5, 5.41) is 4.66. The number of aromatic nitrogens is 1. The van der Waals surface area contributed by atoms with Crippen molar-refractivity contribution >= 4 is 32.6 Å². The van der Waals surface area contributed by atoms with Gasteiger partial charge in [0.25, 0.3) is 0 Å². The van der Waals surface area contributed by atoms with E-state index in [9.17, 15) is 0 Å². The number of rotatable bonds is 5. The molecule has 0 saturated heterocycles. The minimum Gasteiger partial charge on any atom is -0.455 e. The largest absolute Gasteiger partial charge is 0.455 e. The molecule has 0 atom stereocenters. The Labute approximate surface area is 267 Å². The van der Waals surface area contributed by atoms with Gasteiger partial charge in [-0.1, -0.05) is 158 Å². The van der Waals surface area contributed by atoms with Gasteiger partial charge >= 0.3 is 0 Å². The van der Waals surface area contributed by atoms with E-state index in [0.29, 0.717) is 0 Å². The fraction of sp³-hybridized carbons (Fsp3) is 0. The summed E-state index contributed by atoms with van der Waals surface area (Å²) in [4.78, 5) is 0. The van der Waals surface area contributed by atoms with Crippen LogP contribution in [-0.2, 0) is 0 Å². The van der Waals surface area contributed by atoms with Gasteiger partial charge in [-0.2, -0.15) is 0 Å². The van der Waals surface area contributed by atoms with Crippen LogP contribution in [0.15, 0.2) is 180 Å². The maximum atomic E-state index is 7.04. The van der Waals surface area contributed by atoms with Crippen LogP contribution in [0.3, 0.4) is 0 Å². The Morgan fingerprint density at radius 3 is 1.61 bits per heavy atom. The Balaban J connectivity index is 1.43. The Kier molecular flexibility index (Phi) is 6.17. The third-order valence-electron chi connectivity index (χ3n) is 9.03. The second-order valence-corrected chi connectivity index (χ2v) is 11.7. The number of benzene rings is 7. The summed E-state index contributed by atoms with van der Waals surface area (Å²) in [5.74, 6) is 1.76. The Hall–Kier alpha value is -6.12. The Morgan fingerprint density at radius 1 is 0.348 bits per heavy atom. The van der Waals surface area contributed by atoms with Gasteiger partial charge in [-0.05, 0) is 34.9 Å². The number of para-hydroxylation sites is 3. The van der Waals surface area contributed by atoms with E-state index in [1.54, 1.807) is 0 Å². The zero-order chi connectivity index (χ0) is 30.5. The summed E-state index contributed by atoms with van der Waals surface area (Å²) >= 11 is 0. The standard InChI is InChI=1S/C44H29NO/c1-4-16-30(17-5-1)33-25-14-26-35(41(33)44-39-24-11-10-23-38(39)43(46-44)31-18-6-2-7-19-31)37-28-15-27-36-34-22-12-13-29-40(34)45(42(36)37)32-20-8-3-9-21-32/h1-29H. The fourth-order valence-electron chi connectivity index (χ4n) is 7.04. The first kappa shape index (κ1) is 26.3. The average molecular weight is 588 g/mol. The molecule has 0 N–H and O–H groups in total. The van der Waals surface area contributed by atoms with E-state index in [2.05, 4.69) is 174 Å². The van der Waals surface area contributed by atoms with Gasteiger partial charge in [0.2, 0.25) is 0 Å². The molecule has 2 heterocycles. The molecular weight excluding hydrogens is 558 g/mol. The van der Waals surface area contributed by atoms with E-state index < -0.39 is 0 Å². The minimum atomic E-state index is 0.878. The van der Waals surface area contributed by atoms with Gasteiger partial charge in [0.05, 0.1) is 11.0 Å². The Morgan fingerprint density at radius 2 is 0.870 bits per heavy atom. The molecule has 216 valence electrons. The third kappa shape index (κ3) is 4.12. The van der Waals surface area contributed by atoms with E-state index in [1.807, 2.05) is 6.07 Å². The lowest BCUT2D eigenvalue weighted by atomic mass is 9.88. The van der Waals surface area contributed by atoms with Crippen molar-refractivity contribution in [3.8, 4) is 50.6 Å². The maximum Gasteiger partial charge on any atom is 0.143 e. The SMILES string of the molecule is c1ccc(-c2cccc(-c3cccc4c5ccccc5n(-c5ccccc5)c34)c2-c2oc(-c3ccccc3)c3ccccc23)cc1. The summed E-state index contributed by atoms with van der Waals surface area (Å²) in [7, 11) is 0. The third-order valence-corrected chi connectivity index (χ3v) is 9.03. The molecule has 2 nitrogen and oxygen atoms in total. The van der Waals surface area contributed by atoms with Crippen LogP contribution in [0, 0.1) is 0 Å². The number of nitrogens with zero attached hydrogens (tertiary/aromatic N) is 1. The lowest BCUT2D eigenvalue weighted by molar-refractivity contribution is 0.602. The Bertz CT molecular complexity index is 2500. The van der Waals surface area contributed by atoms with Gasteiger partial charge in [-0.25, -0.2) is 0 Å². The molecule has 0 bridgehead atoms. The molecule has 0 saturated carbocycles. The number of hydrogen-bond acceptors (Lipinski definition) is 1. The summed E-state index contributed by atoms with van der Waals surface area (Å²) in [6.45, 7) is 0. The first-order valence-corrected chi connectivity index (χ1v) is 15.7. The minimum absolute atomic E-state index is 0.878. The van der Waals surface area contributed by atoms with Crippen molar-refractivity contribution < 1.29 is 4.42 Å². The summed E-state index contributed by atoms with van der Waals surface area (Å²) in [5.41, 5.74) is 10.2. The first-order chi connectivity index (χ1) is 22.9. The van der Waals surface area contributed by atoms with Crippen molar-refractivity contribution in [2.75, 3.05) is 0 Å². The number of furan rings is 1. The van der Waals surface area contributed by atoms with Gasteiger partial charge in [0.1, 0.15) is 11.5 Å². The fourth-order valence-corrected chi connectivity index (χ4v) is 7.04. The molecule has 9 rings (SSSR count). The smallest absolute Gasteiger partial charge is 0.143 e. The highest BCUT2D eigenvalue weighted by Crippen LogP contribution is 2.48. The van der Waals surface area contributed by atoms with E-state index in [0.717, 1.165) is 61.4 Å². The second kappa shape index (κ2) is 10.8. The second-order valence-electron chi connectivity index (χ2n) is 11.7. The number of hydrogen-bond donors (Lipinski definition) is 0. The van der Waals surface area contributed by atoms with E-state index in [1.165, 1.54) is 21.8 Å². The predicted molar refractivity (Wildman–Crippen MR) is 192 cm³/mol. The van der Waals surface area contributed by atoms with Crippen LogP contribution in [0.4, 0.5) is 0 Å². The van der Waals surface area contributed by atoms with Crippen LogP contribution in [0.1, 0.15) is 0 Å². The normalized spacial score (nSPS) is 11.5. The molecule has 9 aromatic rings. The van der Waals surface area contributed by atoms with E-state index in [4.69, 9.17) is 4.42 Å². The van der Waals surface area contributed by atoms with Crippen LogP contribution in [-0.4, -0.2) is 4.57 Å². The van der Waals surface area contributed by atoms with Gasteiger partial charge < -0.3 is 8.98 Å². The molecule has 0 fully saturated rings. The van der Waals surface area contributed by atoms with Gasteiger partial charge in [-0.15, -0.1) is 0 Å². The van der Waals surface area contributed by atoms with Gasteiger partial charge in [0.15, 0.2) is 0 Å². The molecule has 0 aliphatic rings. The van der Waals surface area contributed by atoms with E-state index in [-0.39, 0.29) is 0 Å². The highest BCUT2D eigenvalue weighted by Gasteiger charge is 2.24. The lowest BCUT2D eigenvalue weighted by Gasteiger charge is -2.17. The highest BCUT2D eigenvalue weighted by atomic mass is 16.3. The van der Waals surface area contributed by atoms with Crippen LogP contribution in [0.5, 0.6) is 0 Å². The van der Waals surface area contributed by atoms with Crippen molar-refractivity contribution in [1.82, 2.24) is 4.57 Å². The summed E-state index contributed by atoms with van der Waals surface area (Å²) in [6, 6.07) is 62.4. The molecule has 7 aromatic carbocycles. The van der Waals surface area contributed by atoms with Crippen molar-refractivity contribution in [2.45, 2.75) is 0 Å². The van der Waals surface area contributed by atoms with Gasteiger partial charge in [-0.3, -0.25) is 0 Å². The molecule has 2 heteroatoms. The molecule has 2 aromatic heterocycles. The quantitative estimate of drug-likeness (QED) is 0.196. The van der Waals surface area contributed by atoms with Crippen molar-refractivity contribution in [3.05, 3.63) is 176 Å². The zero-order valence-electron chi connectivity index (χ0n) is 25.1. The molecule has 0 aliphatic carbocycles. The number of fused-ring (bicyclic) bond motifs is 4. The van der Waals surface area contributed by atoms with Crippen LogP contribution >= 0.6 is 0 Å². The maximum absolute atomic E-state index is 7.04. The summed E-state index contributed by atoms with van der Waals surface area (Å²) < 4.78 is 9.45. The predicted octanol–water partition coefficient (Wildman–Crippen LogP) is 12.2. The summed E-state index contributed by atoms with van der Waals surface area (Å²) in [6.07, 6.45) is 0. The van der Waals surface area contributed by atoms with Crippen LogP contribution < -0.4 is 0 Å². The van der Waals surface area contributed by atoms with E-state index >= 15 is 0 Å². The molecule has 0 radical (unpaired) electrons. The van der Waals surface area contributed by atoms with Crippen molar-refractivity contribution in [1.29, 1.82) is 0 Å². The van der Waals surface area contributed by atoms with Crippen LogP contribution in [0.25, 0.3) is 83.2 Å². The molecule has 46 heavy (non-hydrogen) atoms. The monoisotopic (exact) mass is 587 g/mol. The van der Waals surface area contributed by atoms with Crippen molar-refractivity contribution in [3.63, 3.8) is 0 Å². The molecular formula is C44H29NO. The zero-order valence-corrected chi connectivity index (χ0v) is 25.1. The van der Waals surface area contributed by atoms with Gasteiger partial charge in [0, 0.05) is 43.9 Å². The highest BCUT2D eigenvalue weighted by molar-refractivity contribution is 6.16. The molecule has 0 amide bonds. The molecule has 0 unspecified atom stereocenters. The van der Waals surface area contributed by atoms with Crippen LogP contribution in [0.2, 0.25) is 0 Å². The molecule has 0 spiro atoms. The average Bonchev–Trinajstić information content (AvgIpc) is 3.69. The van der Waals surface area contributed by atoms with Crippen molar-refractivity contribution in [2.24, 2.45) is 0 Å².